The Labute approximate surface area is 111 Å². The van der Waals surface area contributed by atoms with Crippen LogP contribution >= 0.6 is 11.8 Å². The van der Waals surface area contributed by atoms with Crippen molar-refractivity contribution in [1.82, 2.24) is 0 Å². The summed E-state index contributed by atoms with van der Waals surface area (Å²) in [6.07, 6.45) is 1.65. The van der Waals surface area contributed by atoms with Gasteiger partial charge in [0.25, 0.3) is 0 Å². The Morgan fingerprint density at radius 2 is 2.33 bits per heavy atom. The maximum Gasteiger partial charge on any atom is 0.155 e. The lowest BCUT2D eigenvalue weighted by Gasteiger charge is -2.19. The molecule has 0 aromatic heterocycles. The van der Waals surface area contributed by atoms with Crippen LogP contribution in [0.5, 0.6) is 5.75 Å². The van der Waals surface area contributed by atoms with Crippen LogP contribution in [0, 0.1) is 0 Å². The van der Waals surface area contributed by atoms with Crippen LogP contribution in [-0.2, 0) is 4.79 Å². The number of nitrogens with zero attached hydrogens (tertiary/aromatic N) is 1. The van der Waals surface area contributed by atoms with Crippen molar-refractivity contribution in [3.63, 3.8) is 0 Å². The van der Waals surface area contributed by atoms with Crippen molar-refractivity contribution in [2.24, 2.45) is 5.73 Å². The smallest absolute Gasteiger partial charge is 0.155 e. The second-order valence-corrected chi connectivity index (χ2v) is 5.03. The molecule has 96 valence electrons. The molecule has 0 bridgehead atoms. The number of carbonyl (C=O) groups excluding carboxylic acids is 1. The third-order valence-electron chi connectivity index (χ3n) is 2.62. The zero-order valence-electron chi connectivity index (χ0n) is 10.5. The number of benzene rings is 1. The highest BCUT2D eigenvalue weighted by Gasteiger charge is 2.25. The van der Waals surface area contributed by atoms with Gasteiger partial charge in [-0.3, -0.25) is 4.79 Å². The first kappa shape index (κ1) is 13.0. The lowest BCUT2D eigenvalue weighted by Crippen LogP contribution is -2.25. The SMILES string of the molecule is COc1ccc2c(c1)N(CCN)/C(=C/C(C)=O)S2. The summed E-state index contributed by atoms with van der Waals surface area (Å²) >= 11 is 1.59. The van der Waals surface area contributed by atoms with Crippen LogP contribution in [-0.4, -0.2) is 26.0 Å². The highest BCUT2D eigenvalue weighted by molar-refractivity contribution is 8.03. The lowest BCUT2D eigenvalue weighted by molar-refractivity contribution is -0.112. The third-order valence-corrected chi connectivity index (χ3v) is 3.73. The molecular weight excluding hydrogens is 248 g/mol. The molecule has 2 rings (SSSR count). The number of hydrogen-bond acceptors (Lipinski definition) is 5. The minimum absolute atomic E-state index is 0.0410. The monoisotopic (exact) mass is 264 g/mol. The Balaban J connectivity index is 2.40. The molecule has 0 amide bonds. The fourth-order valence-corrected chi connectivity index (χ4v) is 3.01. The summed E-state index contributed by atoms with van der Waals surface area (Å²) < 4.78 is 5.23. The number of hydrogen-bond donors (Lipinski definition) is 1. The van der Waals surface area contributed by atoms with E-state index in [1.165, 1.54) is 0 Å². The minimum atomic E-state index is 0.0410. The standard InChI is InChI=1S/C13H16N2O2S/c1-9(16)7-13-15(6-5-14)11-8-10(17-2)3-4-12(11)18-13/h3-4,7-8H,5-6,14H2,1-2H3/b13-7-. The second kappa shape index (κ2) is 5.46. The van der Waals surface area contributed by atoms with E-state index in [1.807, 2.05) is 18.2 Å². The molecule has 0 unspecified atom stereocenters. The largest absolute Gasteiger partial charge is 0.497 e. The van der Waals surface area contributed by atoms with Crippen LogP contribution in [0.4, 0.5) is 5.69 Å². The van der Waals surface area contributed by atoms with Gasteiger partial charge >= 0.3 is 0 Å². The highest BCUT2D eigenvalue weighted by atomic mass is 32.2. The summed E-state index contributed by atoms with van der Waals surface area (Å²) in [4.78, 5) is 14.4. The molecule has 0 radical (unpaired) electrons. The fraction of sp³-hybridized carbons (Fsp3) is 0.308. The van der Waals surface area contributed by atoms with Gasteiger partial charge in [0.1, 0.15) is 5.75 Å². The number of rotatable bonds is 4. The molecule has 1 heterocycles. The first-order valence-corrected chi connectivity index (χ1v) is 6.53. The van der Waals surface area contributed by atoms with Crippen LogP contribution in [0.2, 0.25) is 0 Å². The Morgan fingerprint density at radius 1 is 1.56 bits per heavy atom. The van der Waals surface area contributed by atoms with Crippen LogP contribution in [0.3, 0.4) is 0 Å². The van der Waals surface area contributed by atoms with E-state index in [2.05, 4.69) is 4.90 Å². The van der Waals surface area contributed by atoms with Gasteiger partial charge in [0.2, 0.25) is 0 Å². The molecule has 0 saturated carbocycles. The van der Waals surface area contributed by atoms with Crippen molar-refractivity contribution in [3.05, 3.63) is 29.3 Å². The van der Waals surface area contributed by atoms with Gasteiger partial charge in [0.15, 0.2) is 5.78 Å². The molecule has 1 aromatic carbocycles. The van der Waals surface area contributed by atoms with Gasteiger partial charge in [-0.25, -0.2) is 0 Å². The average molecular weight is 264 g/mol. The zero-order valence-corrected chi connectivity index (χ0v) is 11.3. The molecule has 0 fully saturated rings. The van der Waals surface area contributed by atoms with Crippen molar-refractivity contribution in [1.29, 1.82) is 0 Å². The quantitative estimate of drug-likeness (QED) is 0.843. The van der Waals surface area contributed by atoms with Crippen molar-refractivity contribution >= 4 is 23.2 Å². The molecule has 2 N–H and O–H groups in total. The summed E-state index contributed by atoms with van der Waals surface area (Å²) in [5.41, 5.74) is 6.69. The molecule has 0 saturated heterocycles. The predicted molar refractivity (Wildman–Crippen MR) is 74.0 cm³/mol. The van der Waals surface area contributed by atoms with E-state index in [4.69, 9.17) is 10.5 Å². The van der Waals surface area contributed by atoms with E-state index in [1.54, 1.807) is 31.9 Å². The van der Waals surface area contributed by atoms with Gasteiger partial charge in [-0.1, -0.05) is 11.8 Å². The van der Waals surface area contributed by atoms with Gasteiger partial charge in [0, 0.05) is 30.1 Å². The molecule has 4 nitrogen and oxygen atoms in total. The van der Waals surface area contributed by atoms with Crippen molar-refractivity contribution in [2.75, 3.05) is 25.1 Å². The van der Waals surface area contributed by atoms with Gasteiger partial charge in [-0.05, 0) is 19.1 Å². The molecule has 0 aliphatic carbocycles. The maximum absolute atomic E-state index is 11.3. The molecule has 0 spiro atoms. The molecule has 5 heteroatoms. The molecule has 1 aliphatic heterocycles. The number of nitrogens with two attached hydrogens (primary N) is 1. The lowest BCUT2D eigenvalue weighted by atomic mass is 10.2. The van der Waals surface area contributed by atoms with E-state index >= 15 is 0 Å². The number of anilines is 1. The van der Waals surface area contributed by atoms with E-state index in [-0.39, 0.29) is 5.78 Å². The molecule has 1 aliphatic rings. The summed E-state index contributed by atoms with van der Waals surface area (Å²) in [6.45, 7) is 2.77. The number of methoxy groups -OCH3 is 1. The summed E-state index contributed by atoms with van der Waals surface area (Å²) in [5, 5.41) is 0.927. The Morgan fingerprint density at radius 3 is 2.94 bits per heavy atom. The number of fused-ring (bicyclic) bond motifs is 1. The third kappa shape index (κ3) is 2.52. The molecule has 0 atom stereocenters. The Hall–Kier alpha value is -1.46. The summed E-state index contributed by atoms with van der Waals surface area (Å²) in [7, 11) is 1.64. The van der Waals surface area contributed by atoms with E-state index < -0.39 is 0 Å². The fourth-order valence-electron chi connectivity index (χ4n) is 1.85. The summed E-state index contributed by atoms with van der Waals surface area (Å²) in [5.74, 6) is 0.847. The molecular formula is C13H16N2O2S. The normalized spacial score (nSPS) is 15.9. The molecule has 1 aromatic rings. The van der Waals surface area contributed by atoms with Gasteiger partial charge in [-0.2, -0.15) is 0 Å². The Bertz CT molecular complexity index is 500. The highest BCUT2D eigenvalue weighted by Crippen LogP contribution is 2.46. The number of ether oxygens (including phenoxy) is 1. The number of carbonyl (C=O) groups is 1. The number of thioether (sulfide) groups is 1. The van der Waals surface area contributed by atoms with Crippen LogP contribution in [0.1, 0.15) is 6.92 Å². The minimum Gasteiger partial charge on any atom is -0.497 e. The van der Waals surface area contributed by atoms with E-state index in [9.17, 15) is 4.79 Å². The van der Waals surface area contributed by atoms with Crippen molar-refractivity contribution in [2.45, 2.75) is 11.8 Å². The van der Waals surface area contributed by atoms with Crippen LogP contribution < -0.4 is 15.4 Å². The van der Waals surface area contributed by atoms with Gasteiger partial charge in [0.05, 0.1) is 17.8 Å². The molecule has 18 heavy (non-hydrogen) atoms. The van der Waals surface area contributed by atoms with Crippen LogP contribution in [0.15, 0.2) is 34.2 Å². The van der Waals surface area contributed by atoms with Gasteiger partial charge < -0.3 is 15.4 Å². The van der Waals surface area contributed by atoms with Crippen molar-refractivity contribution in [3.8, 4) is 5.75 Å². The average Bonchev–Trinajstić information content (AvgIpc) is 2.66. The second-order valence-electron chi connectivity index (χ2n) is 3.97. The summed E-state index contributed by atoms with van der Waals surface area (Å²) in [6, 6.07) is 5.89. The van der Waals surface area contributed by atoms with E-state index in [0.717, 1.165) is 21.4 Å². The van der Waals surface area contributed by atoms with E-state index in [0.29, 0.717) is 13.1 Å². The van der Waals surface area contributed by atoms with Crippen LogP contribution in [0.25, 0.3) is 0 Å². The predicted octanol–water partition coefficient (Wildman–Crippen LogP) is 2.00. The number of ketones is 1. The Kier molecular flexibility index (Phi) is 3.93. The maximum atomic E-state index is 11.3. The number of allylic oxidation sites excluding steroid dienone is 1. The topological polar surface area (TPSA) is 55.6 Å². The first-order valence-electron chi connectivity index (χ1n) is 5.71. The van der Waals surface area contributed by atoms with Crippen molar-refractivity contribution < 1.29 is 9.53 Å². The van der Waals surface area contributed by atoms with Gasteiger partial charge in [-0.15, -0.1) is 0 Å². The zero-order chi connectivity index (χ0) is 13.1. The first-order chi connectivity index (χ1) is 8.65.